The van der Waals surface area contributed by atoms with E-state index in [2.05, 4.69) is 15.4 Å². The van der Waals surface area contributed by atoms with E-state index in [0.29, 0.717) is 12.8 Å². The lowest BCUT2D eigenvalue weighted by Crippen LogP contribution is -2.26. The summed E-state index contributed by atoms with van der Waals surface area (Å²) in [5, 5.41) is 9.57. The minimum absolute atomic E-state index is 0.0501. The van der Waals surface area contributed by atoms with Gasteiger partial charge in [-0.05, 0) is 51.1 Å². The Bertz CT molecular complexity index is 867. The first-order valence-electron chi connectivity index (χ1n) is 8.11. The molecule has 0 spiro atoms. The zero-order valence-corrected chi connectivity index (χ0v) is 15.3. The van der Waals surface area contributed by atoms with Gasteiger partial charge >= 0.3 is 0 Å². The van der Waals surface area contributed by atoms with Crippen LogP contribution < -0.4 is 5.32 Å². The summed E-state index contributed by atoms with van der Waals surface area (Å²) < 4.78 is 1.86. The van der Waals surface area contributed by atoms with Gasteiger partial charge in [-0.2, -0.15) is 5.10 Å². The predicted octanol–water partition coefficient (Wildman–Crippen LogP) is 3.53. The number of amides is 1. The maximum atomic E-state index is 12.3. The van der Waals surface area contributed by atoms with Crippen molar-refractivity contribution in [2.45, 2.75) is 46.6 Å². The van der Waals surface area contributed by atoms with Crippen LogP contribution in [0.25, 0.3) is 5.65 Å². The van der Waals surface area contributed by atoms with Crippen molar-refractivity contribution in [1.29, 1.82) is 0 Å². The molecule has 0 radical (unpaired) electrons. The van der Waals surface area contributed by atoms with Crippen LogP contribution in [-0.2, 0) is 11.2 Å². The van der Waals surface area contributed by atoms with Crippen molar-refractivity contribution in [2.24, 2.45) is 0 Å². The number of aromatic nitrogens is 3. The van der Waals surface area contributed by atoms with E-state index in [1.54, 1.807) is 11.3 Å². The first-order chi connectivity index (χ1) is 11.5. The van der Waals surface area contributed by atoms with Crippen molar-refractivity contribution < 1.29 is 4.79 Å². The number of thiophene rings is 1. The van der Waals surface area contributed by atoms with Gasteiger partial charge < -0.3 is 5.32 Å². The molecule has 0 aliphatic rings. The van der Waals surface area contributed by atoms with E-state index < -0.39 is 0 Å². The third-order valence-corrected chi connectivity index (χ3v) is 5.29. The number of aryl methyl sites for hydroxylation is 3. The number of carbonyl (C=O) groups is 1. The Morgan fingerprint density at radius 2 is 2.17 bits per heavy atom. The van der Waals surface area contributed by atoms with Crippen molar-refractivity contribution in [2.75, 3.05) is 0 Å². The fourth-order valence-electron chi connectivity index (χ4n) is 2.96. The maximum absolute atomic E-state index is 12.3. The highest BCUT2D eigenvalue weighted by atomic mass is 32.1. The number of nitrogens with zero attached hydrogens (tertiary/aromatic N) is 3. The Labute approximate surface area is 145 Å². The van der Waals surface area contributed by atoms with E-state index in [9.17, 15) is 4.79 Å². The Morgan fingerprint density at radius 3 is 2.88 bits per heavy atom. The number of hydrogen-bond donors (Lipinski definition) is 1. The molecule has 1 unspecified atom stereocenters. The van der Waals surface area contributed by atoms with Crippen LogP contribution in [0.4, 0.5) is 0 Å². The molecule has 3 heterocycles. The van der Waals surface area contributed by atoms with Crippen LogP contribution in [0.1, 0.15) is 46.9 Å². The van der Waals surface area contributed by atoms with E-state index in [1.807, 2.05) is 55.8 Å². The van der Waals surface area contributed by atoms with Crippen LogP contribution in [0.5, 0.6) is 0 Å². The van der Waals surface area contributed by atoms with Crippen LogP contribution in [0.15, 0.2) is 23.6 Å². The zero-order chi connectivity index (χ0) is 17.3. The molecule has 5 nitrogen and oxygen atoms in total. The van der Waals surface area contributed by atoms with Gasteiger partial charge in [-0.3, -0.25) is 4.79 Å². The third-order valence-electron chi connectivity index (χ3n) is 4.24. The molecule has 1 amide bonds. The van der Waals surface area contributed by atoms with Gasteiger partial charge in [-0.1, -0.05) is 6.07 Å². The molecule has 3 aromatic rings. The fraction of sp³-hybridized carbons (Fsp3) is 0.389. The summed E-state index contributed by atoms with van der Waals surface area (Å²) in [5.74, 6) is 0.0615. The molecule has 0 aromatic carbocycles. The second-order valence-corrected chi connectivity index (χ2v) is 7.10. The lowest BCUT2D eigenvalue weighted by atomic mass is 10.1. The molecule has 3 rings (SSSR count). The summed E-state index contributed by atoms with van der Waals surface area (Å²) in [6.45, 7) is 8.01. The van der Waals surface area contributed by atoms with Gasteiger partial charge in [0.05, 0.1) is 11.7 Å². The molecule has 6 heteroatoms. The summed E-state index contributed by atoms with van der Waals surface area (Å²) >= 11 is 1.66. The molecule has 0 bridgehead atoms. The number of carbonyl (C=O) groups excluding carboxylic acids is 1. The van der Waals surface area contributed by atoms with Crippen molar-refractivity contribution >= 4 is 22.9 Å². The van der Waals surface area contributed by atoms with E-state index in [1.165, 1.54) is 4.88 Å². The molecule has 0 aliphatic carbocycles. The Hall–Kier alpha value is -2.21. The van der Waals surface area contributed by atoms with Gasteiger partial charge in [0.1, 0.15) is 0 Å². The zero-order valence-electron chi connectivity index (χ0n) is 14.5. The lowest BCUT2D eigenvalue weighted by Gasteiger charge is -2.14. The summed E-state index contributed by atoms with van der Waals surface area (Å²) in [6.07, 6.45) is 1.12. The topological polar surface area (TPSA) is 59.3 Å². The average molecular weight is 342 g/mol. The van der Waals surface area contributed by atoms with E-state index in [0.717, 1.165) is 28.3 Å². The quantitative estimate of drug-likeness (QED) is 0.772. The van der Waals surface area contributed by atoms with Crippen LogP contribution in [0.2, 0.25) is 0 Å². The Kier molecular flexibility index (Phi) is 4.66. The molecule has 0 saturated heterocycles. The first kappa shape index (κ1) is 16.6. The molecule has 0 aliphatic heterocycles. The second-order valence-electron chi connectivity index (χ2n) is 6.12. The minimum Gasteiger partial charge on any atom is -0.349 e. The van der Waals surface area contributed by atoms with Crippen LogP contribution in [0.3, 0.4) is 0 Å². The lowest BCUT2D eigenvalue weighted by molar-refractivity contribution is -0.121. The second kappa shape index (κ2) is 6.73. The summed E-state index contributed by atoms with van der Waals surface area (Å²) in [5.41, 5.74) is 4.94. The van der Waals surface area contributed by atoms with Crippen molar-refractivity contribution in [3.05, 3.63) is 51.1 Å². The fourth-order valence-corrected chi connectivity index (χ4v) is 3.70. The van der Waals surface area contributed by atoms with Crippen molar-refractivity contribution in [1.82, 2.24) is 19.9 Å². The maximum Gasteiger partial charge on any atom is 0.220 e. The smallest absolute Gasteiger partial charge is 0.220 e. The van der Waals surface area contributed by atoms with Gasteiger partial charge in [0.15, 0.2) is 5.65 Å². The third kappa shape index (κ3) is 3.33. The molecule has 0 fully saturated rings. The van der Waals surface area contributed by atoms with Gasteiger partial charge in [-0.25, -0.2) is 9.50 Å². The normalized spacial score (nSPS) is 12.5. The molecular weight excluding hydrogens is 320 g/mol. The van der Waals surface area contributed by atoms with Crippen molar-refractivity contribution in [3.63, 3.8) is 0 Å². The molecule has 0 saturated carbocycles. The summed E-state index contributed by atoms with van der Waals surface area (Å²) in [7, 11) is 0. The molecule has 1 N–H and O–H groups in total. The Morgan fingerprint density at radius 1 is 1.38 bits per heavy atom. The number of hydrogen-bond acceptors (Lipinski definition) is 4. The monoisotopic (exact) mass is 342 g/mol. The van der Waals surface area contributed by atoms with Gasteiger partial charge in [0, 0.05) is 28.8 Å². The molecule has 1 atom stereocenters. The standard InChI is InChI=1S/C18H22N4OS/c1-11-10-17-19-12(2)15(14(4)22(17)21-11)7-8-18(23)20-13(3)16-6-5-9-24-16/h5-6,9-10,13H,7-8H2,1-4H3,(H,20,23). The van der Waals surface area contributed by atoms with E-state index >= 15 is 0 Å². The first-order valence-corrected chi connectivity index (χ1v) is 8.99. The Balaban J connectivity index is 1.70. The average Bonchev–Trinajstić information content (AvgIpc) is 3.16. The van der Waals surface area contributed by atoms with Gasteiger partial charge in [-0.15, -0.1) is 11.3 Å². The van der Waals surface area contributed by atoms with Crippen LogP contribution in [-0.4, -0.2) is 20.5 Å². The van der Waals surface area contributed by atoms with Crippen LogP contribution in [0, 0.1) is 20.8 Å². The highest BCUT2D eigenvalue weighted by molar-refractivity contribution is 7.10. The number of fused-ring (bicyclic) bond motifs is 1. The summed E-state index contributed by atoms with van der Waals surface area (Å²) in [4.78, 5) is 18.0. The molecule has 3 aromatic heterocycles. The highest BCUT2D eigenvalue weighted by Gasteiger charge is 2.14. The molecule has 24 heavy (non-hydrogen) atoms. The predicted molar refractivity (Wildman–Crippen MR) is 96.4 cm³/mol. The van der Waals surface area contributed by atoms with Crippen LogP contribution >= 0.6 is 11.3 Å². The minimum atomic E-state index is 0.0501. The highest BCUT2D eigenvalue weighted by Crippen LogP contribution is 2.19. The number of nitrogens with one attached hydrogen (secondary N) is 1. The summed E-state index contributed by atoms with van der Waals surface area (Å²) in [6, 6.07) is 6.07. The van der Waals surface area contributed by atoms with Gasteiger partial charge in [0.25, 0.3) is 0 Å². The molecule has 126 valence electrons. The van der Waals surface area contributed by atoms with Crippen molar-refractivity contribution in [3.8, 4) is 0 Å². The largest absolute Gasteiger partial charge is 0.349 e. The van der Waals surface area contributed by atoms with E-state index in [4.69, 9.17) is 0 Å². The number of rotatable bonds is 5. The SMILES string of the molecule is Cc1cc2nc(C)c(CCC(=O)NC(C)c3cccs3)c(C)n2n1. The molecular formula is C18H22N4OS. The van der Waals surface area contributed by atoms with E-state index in [-0.39, 0.29) is 11.9 Å². The van der Waals surface area contributed by atoms with Gasteiger partial charge in [0.2, 0.25) is 5.91 Å².